The van der Waals surface area contributed by atoms with Crippen LogP contribution in [0.2, 0.25) is 0 Å². The summed E-state index contributed by atoms with van der Waals surface area (Å²) in [7, 11) is 1.60. The summed E-state index contributed by atoms with van der Waals surface area (Å²) in [5, 5.41) is 9.27. The van der Waals surface area contributed by atoms with E-state index in [2.05, 4.69) is 0 Å². The van der Waals surface area contributed by atoms with Crippen LogP contribution in [-0.4, -0.2) is 18.3 Å². The molecule has 0 saturated carbocycles. The van der Waals surface area contributed by atoms with E-state index in [1.165, 1.54) is 0 Å². The molecule has 0 radical (unpaired) electrons. The minimum atomic E-state index is -0.549. The van der Waals surface area contributed by atoms with Gasteiger partial charge in [0.2, 0.25) is 0 Å². The fourth-order valence-electron chi connectivity index (χ4n) is 1.13. The van der Waals surface area contributed by atoms with Crippen LogP contribution in [-0.2, 0) is 0 Å². The maximum Gasteiger partial charge on any atom is 0.119 e. The molecule has 72 valence electrons. The van der Waals surface area contributed by atoms with Gasteiger partial charge in [-0.25, -0.2) is 0 Å². The third-order valence-electron chi connectivity index (χ3n) is 2.00. The number of rotatable bonds is 3. The summed E-state index contributed by atoms with van der Waals surface area (Å²) in [6.07, 6.45) is -0.549. The molecule has 0 spiro atoms. The molecule has 0 aliphatic heterocycles. The van der Waals surface area contributed by atoms with Gasteiger partial charge in [-0.15, -0.1) is 0 Å². The molecule has 3 N–H and O–H groups in total. The fraction of sp³-hybridized carbons (Fsp3) is 0.400. The van der Waals surface area contributed by atoms with E-state index in [4.69, 9.17) is 10.5 Å². The maximum atomic E-state index is 9.27. The normalized spacial score (nSPS) is 15.1. The molecule has 1 rings (SSSR count). The van der Waals surface area contributed by atoms with Gasteiger partial charge in [0.15, 0.2) is 0 Å². The Kier molecular flexibility index (Phi) is 3.28. The molecule has 0 aliphatic rings. The van der Waals surface area contributed by atoms with Gasteiger partial charge < -0.3 is 15.6 Å². The fourth-order valence-corrected chi connectivity index (χ4v) is 1.13. The number of aliphatic hydroxyl groups is 1. The van der Waals surface area contributed by atoms with Crippen LogP contribution >= 0.6 is 0 Å². The molecular weight excluding hydrogens is 166 g/mol. The molecule has 0 fully saturated rings. The number of methoxy groups -OCH3 is 1. The highest BCUT2D eigenvalue weighted by Crippen LogP contribution is 2.19. The van der Waals surface area contributed by atoms with E-state index in [-0.39, 0.29) is 6.04 Å². The average Bonchev–Trinajstić information content (AvgIpc) is 2.16. The highest BCUT2D eigenvalue weighted by atomic mass is 16.5. The van der Waals surface area contributed by atoms with E-state index in [0.29, 0.717) is 0 Å². The number of ether oxygens (including phenoxy) is 1. The van der Waals surface area contributed by atoms with Gasteiger partial charge in [0.05, 0.1) is 19.3 Å². The maximum absolute atomic E-state index is 9.27. The molecule has 0 aliphatic carbocycles. The Labute approximate surface area is 78.1 Å². The zero-order chi connectivity index (χ0) is 9.84. The molecule has 0 heterocycles. The predicted molar refractivity (Wildman–Crippen MR) is 51.6 cm³/mol. The smallest absolute Gasteiger partial charge is 0.119 e. The van der Waals surface area contributed by atoms with Crippen LogP contribution in [0.5, 0.6) is 5.75 Å². The SMILES string of the molecule is COc1cccc([C@H](N)[C@H](C)O)c1. The quantitative estimate of drug-likeness (QED) is 0.733. The van der Waals surface area contributed by atoms with Crippen LogP contribution in [0.1, 0.15) is 18.5 Å². The number of aliphatic hydroxyl groups excluding tert-OH is 1. The largest absolute Gasteiger partial charge is 0.497 e. The third-order valence-corrected chi connectivity index (χ3v) is 2.00. The van der Waals surface area contributed by atoms with Crippen molar-refractivity contribution in [3.05, 3.63) is 29.8 Å². The van der Waals surface area contributed by atoms with E-state index >= 15 is 0 Å². The van der Waals surface area contributed by atoms with Gasteiger partial charge in [-0.05, 0) is 24.6 Å². The van der Waals surface area contributed by atoms with Gasteiger partial charge in [-0.2, -0.15) is 0 Å². The van der Waals surface area contributed by atoms with Crippen LogP contribution in [0.3, 0.4) is 0 Å². The first-order valence-corrected chi connectivity index (χ1v) is 4.22. The van der Waals surface area contributed by atoms with Gasteiger partial charge in [-0.3, -0.25) is 0 Å². The summed E-state index contributed by atoms with van der Waals surface area (Å²) in [6, 6.07) is 7.06. The first-order valence-electron chi connectivity index (χ1n) is 4.22. The molecule has 0 aromatic heterocycles. The van der Waals surface area contributed by atoms with Crippen LogP contribution in [0.25, 0.3) is 0 Å². The Morgan fingerprint density at radius 3 is 2.69 bits per heavy atom. The molecule has 1 aromatic carbocycles. The zero-order valence-electron chi connectivity index (χ0n) is 7.90. The number of benzene rings is 1. The second-order valence-corrected chi connectivity index (χ2v) is 3.04. The Bertz CT molecular complexity index is 273. The summed E-state index contributed by atoms with van der Waals surface area (Å²) >= 11 is 0. The van der Waals surface area contributed by atoms with Crippen LogP contribution < -0.4 is 10.5 Å². The molecule has 2 atom stereocenters. The zero-order valence-corrected chi connectivity index (χ0v) is 7.90. The lowest BCUT2D eigenvalue weighted by Gasteiger charge is -2.15. The van der Waals surface area contributed by atoms with Gasteiger partial charge in [0.1, 0.15) is 5.75 Å². The first-order chi connectivity index (χ1) is 6.15. The molecular formula is C10H15NO2. The van der Waals surface area contributed by atoms with Crippen molar-refractivity contribution in [2.24, 2.45) is 5.73 Å². The lowest BCUT2D eigenvalue weighted by Crippen LogP contribution is -2.22. The number of hydrogen-bond donors (Lipinski definition) is 2. The molecule has 1 aromatic rings. The van der Waals surface area contributed by atoms with E-state index in [0.717, 1.165) is 11.3 Å². The predicted octanol–water partition coefficient (Wildman–Crippen LogP) is 1.08. The third kappa shape index (κ3) is 2.44. The van der Waals surface area contributed by atoms with Crippen molar-refractivity contribution in [1.82, 2.24) is 0 Å². The van der Waals surface area contributed by atoms with Gasteiger partial charge in [0.25, 0.3) is 0 Å². The first kappa shape index (κ1) is 10.0. The van der Waals surface area contributed by atoms with Gasteiger partial charge in [0, 0.05) is 0 Å². The standard InChI is InChI=1S/C10H15NO2/c1-7(12)10(11)8-4-3-5-9(6-8)13-2/h3-7,10,12H,11H2,1-2H3/t7-,10+/m0/s1. The Hall–Kier alpha value is -1.06. The molecule has 3 nitrogen and oxygen atoms in total. The monoisotopic (exact) mass is 181 g/mol. The Morgan fingerprint density at radius 2 is 2.15 bits per heavy atom. The second kappa shape index (κ2) is 4.25. The summed E-state index contributed by atoms with van der Waals surface area (Å²) in [5.41, 5.74) is 6.64. The lowest BCUT2D eigenvalue weighted by atomic mass is 10.0. The molecule has 0 bridgehead atoms. The summed E-state index contributed by atoms with van der Waals surface area (Å²) < 4.78 is 5.05. The van der Waals surface area contributed by atoms with Crippen molar-refractivity contribution in [3.63, 3.8) is 0 Å². The van der Waals surface area contributed by atoms with Crippen molar-refractivity contribution < 1.29 is 9.84 Å². The minimum absolute atomic E-state index is 0.352. The average molecular weight is 181 g/mol. The summed E-state index contributed by atoms with van der Waals surface area (Å²) in [4.78, 5) is 0. The van der Waals surface area contributed by atoms with Gasteiger partial charge >= 0.3 is 0 Å². The van der Waals surface area contributed by atoms with Crippen LogP contribution in [0, 0.1) is 0 Å². The van der Waals surface area contributed by atoms with Crippen molar-refractivity contribution in [2.75, 3.05) is 7.11 Å². The second-order valence-electron chi connectivity index (χ2n) is 3.04. The Morgan fingerprint density at radius 1 is 1.46 bits per heavy atom. The number of hydrogen-bond acceptors (Lipinski definition) is 3. The molecule has 0 amide bonds. The number of nitrogens with two attached hydrogens (primary N) is 1. The van der Waals surface area contributed by atoms with Crippen molar-refractivity contribution in [2.45, 2.75) is 19.1 Å². The molecule has 13 heavy (non-hydrogen) atoms. The Balaban J connectivity index is 2.88. The van der Waals surface area contributed by atoms with E-state index in [9.17, 15) is 5.11 Å². The highest BCUT2D eigenvalue weighted by Gasteiger charge is 2.11. The molecule has 0 unspecified atom stereocenters. The lowest BCUT2D eigenvalue weighted by molar-refractivity contribution is 0.164. The van der Waals surface area contributed by atoms with Crippen LogP contribution in [0.4, 0.5) is 0 Å². The topological polar surface area (TPSA) is 55.5 Å². The van der Waals surface area contributed by atoms with Crippen molar-refractivity contribution in [1.29, 1.82) is 0 Å². The van der Waals surface area contributed by atoms with Crippen molar-refractivity contribution >= 4 is 0 Å². The van der Waals surface area contributed by atoms with E-state index in [1.54, 1.807) is 14.0 Å². The summed E-state index contributed by atoms with van der Waals surface area (Å²) in [6.45, 7) is 1.67. The molecule has 0 saturated heterocycles. The molecule has 3 heteroatoms. The highest BCUT2D eigenvalue weighted by molar-refractivity contribution is 5.30. The van der Waals surface area contributed by atoms with E-state index in [1.807, 2.05) is 24.3 Å². The van der Waals surface area contributed by atoms with Crippen LogP contribution in [0.15, 0.2) is 24.3 Å². The minimum Gasteiger partial charge on any atom is -0.497 e. The van der Waals surface area contributed by atoms with E-state index < -0.39 is 6.10 Å². The van der Waals surface area contributed by atoms with Crippen molar-refractivity contribution in [3.8, 4) is 5.75 Å². The summed E-state index contributed by atoms with van der Waals surface area (Å²) in [5.74, 6) is 0.758. The van der Waals surface area contributed by atoms with Gasteiger partial charge in [-0.1, -0.05) is 12.1 Å².